The highest BCUT2D eigenvalue weighted by Gasteiger charge is 2.33. The molecule has 1 heterocycles. The van der Waals surface area contributed by atoms with E-state index in [9.17, 15) is 4.79 Å². The quantitative estimate of drug-likeness (QED) is 0.708. The largest absolute Gasteiger partial charge is 0.343 e. The van der Waals surface area contributed by atoms with Gasteiger partial charge >= 0.3 is 5.69 Å². The fraction of sp³-hybridized carbons (Fsp3) is 0.778. The van der Waals surface area contributed by atoms with Gasteiger partial charge in [0.25, 0.3) is 0 Å². The zero-order valence-electron chi connectivity index (χ0n) is 8.20. The van der Waals surface area contributed by atoms with E-state index in [1.54, 1.807) is 10.9 Å². The molecule has 5 nitrogen and oxygen atoms in total. The fourth-order valence-electron chi connectivity index (χ4n) is 2.34. The van der Waals surface area contributed by atoms with Crippen molar-refractivity contribution in [2.45, 2.75) is 37.6 Å². The summed E-state index contributed by atoms with van der Waals surface area (Å²) in [6.07, 6.45) is 7.09. The number of hydrogen-bond donors (Lipinski definition) is 2. The molecule has 1 aliphatic carbocycles. The lowest BCUT2D eigenvalue weighted by Crippen LogP contribution is -2.46. The predicted octanol–water partition coefficient (Wildman–Crippen LogP) is 0.189. The van der Waals surface area contributed by atoms with Gasteiger partial charge in [0.05, 0.1) is 5.54 Å². The second-order valence-electron chi connectivity index (χ2n) is 4.02. The highest BCUT2D eigenvalue weighted by molar-refractivity contribution is 4.92. The second-order valence-corrected chi connectivity index (χ2v) is 4.02. The van der Waals surface area contributed by atoms with Gasteiger partial charge in [-0.05, 0) is 12.8 Å². The van der Waals surface area contributed by atoms with E-state index in [1.165, 1.54) is 6.42 Å². The van der Waals surface area contributed by atoms with Crippen LogP contribution >= 0.6 is 0 Å². The molecule has 78 valence electrons. The van der Waals surface area contributed by atoms with Crippen molar-refractivity contribution in [2.24, 2.45) is 5.73 Å². The van der Waals surface area contributed by atoms with Gasteiger partial charge in [-0.25, -0.2) is 9.89 Å². The Morgan fingerprint density at radius 2 is 2.21 bits per heavy atom. The number of rotatable bonds is 2. The molecule has 1 fully saturated rings. The first-order valence-electron chi connectivity index (χ1n) is 5.11. The van der Waals surface area contributed by atoms with Crippen molar-refractivity contribution >= 4 is 0 Å². The maximum atomic E-state index is 11.5. The van der Waals surface area contributed by atoms with Crippen LogP contribution in [0, 0.1) is 0 Å². The van der Waals surface area contributed by atoms with Crippen molar-refractivity contribution in [3.63, 3.8) is 0 Å². The van der Waals surface area contributed by atoms with E-state index >= 15 is 0 Å². The van der Waals surface area contributed by atoms with Gasteiger partial charge in [-0.3, -0.25) is 4.57 Å². The molecule has 0 saturated heterocycles. The van der Waals surface area contributed by atoms with Gasteiger partial charge in [0.2, 0.25) is 0 Å². The number of nitrogens with two attached hydrogens (primary N) is 1. The van der Waals surface area contributed by atoms with E-state index in [-0.39, 0.29) is 11.2 Å². The molecule has 0 bridgehead atoms. The van der Waals surface area contributed by atoms with Gasteiger partial charge in [0.1, 0.15) is 6.33 Å². The Bertz CT molecular complexity index is 348. The molecule has 1 aromatic heterocycles. The van der Waals surface area contributed by atoms with Crippen molar-refractivity contribution < 1.29 is 0 Å². The summed E-state index contributed by atoms with van der Waals surface area (Å²) < 4.78 is 1.67. The number of aromatic amines is 1. The highest BCUT2D eigenvalue weighted by Crippen LogP contribution is 2.32. The summed E-state index contributed by atoms with van der Waals surface area (Å²) in [6, 6.07) is 0. The van der Waals surface area contributed by atoms with Gasteiger partial charge < -0.3 is 5.73 Å². The Kier molecular flexibility index (Phi) is 2.41. The number of nitrogens with zero attached hydrogens (tertiary/aromatic N) is 2. The molecule has 5 heteroatoms. The third-order valence-electron chi connectivity index (χ3n) is 3.23. The van der Waals surface area contributed by atoms with E-state index in [2.05, 4.69) is 10.2 Å². The van der Waals surface area contributed by atoms with Gasteiger partial charge in [-0.2, -0.15) is 5.10 Å². The average Bonchev–Trinajstić information content (AvgIpc) is 2.66. The first kappa shape index (κ1) is 9.45. The minimum absolute atomic E-state index is 0.141. The minimum Gasteiger partial charge on any atom is -0.328 e. The Morgan fingerprint density at radius 1 is 1.50 bits per heavy atom. The van der Waals surface area contributed by atoms with Crippen LogP contribution in [-0.4, -0.2) is 21.3 Å². The molecule has 14 heavy (non-hydrogen) atoms. The van der Waals surface area contributed by atoms with E-state index in [4.69, 9.17) is 5.73 Å². The van der Waals surface area contributed by atoms with Crippen molar-refractivity contribution in [1.82, 2.24) is 14.8 Å². The fourth-order valence-corrected chi connectivity index (χ4v) is 2.34. The highest BCUT2D eigenvalue weighted by atomic mass is 16.1. The summed E-state index contributed by atoms with van der Waals surface area (Å²) in [7, 11) is 0. The molecule has 0 spiro atoms. The zero-order chi connectivity index (χ0) is 10.0. The SMILES string of the molecule is NCC1(n2cn[nH]c2=O)CCCCC1. The summed E-state index contributed by atoms with van der Waals surface area (Å²) in [6.45, 7) is 0.520. The van der Waals surface area contributed by atoms with Gasteiger partial charge in [0, 0.05) is 6.54 Å². The third kappa shape index (κ3) is 1.37. The van der Waals surface area contributed by atoms with Crippen molar-refractivity contribution in [2.75, 3.05) is 6.54 Å². The van der Waals surface area contributed by atoms with Gasteiger partial charge in [-0.15, -0.1) is 0 Å². The van der Waals surface area contributed by atoms with Crippen LogP contribution in [0.25, 0.3) is 0 Å². The lowest BCUT2D eigenvalue weighted by atomic mass is 9.81. The Hall–Kier alpha value is -1.10. The van der Waals surface area contributed by atoms with E-state index < -0.39 is 0 Å². The molecule has 0 atom stereocenters. The standard InChI is InChI=1S/C9H16N4O/c10-6-9(4-2-1-3-5-9)13-7-11-12-8(13)14/h7H,1-6,10H2,(H,12,14). The Labute approximate surface area is 82.3 Å². The van der Waals surface area contributed by atoms with Crippen molar-refractivity contribution in [1.29, 1.82) is 0 Å². The summed E-state index contributed by atoms with van der Waals surface area (Å²) in [5, 5.41) is 6.19. The molecule has 3 N–H and O–H groups in total. The third-order valence-corrected chi connectivity index (χ3v) is 3.23. The normalized spacial score (nSPS) is 20.9. The first-order chi connectivity index (χ1) is 6.78. The summed E-state index contributed by atoms with van der Waals surface area (Å²) in [4.78, 5) is 11.5. The maximum Gasteiger partial charge on any atom is 0.343 e. The van der Waals surface area contributed by atoms with Crippen LogP contribution in [-0.2, 0) is 5.54 Å². The van der Waals surface area contributed by atoms with E-state index in [0.29, 0.717) is 6.54 Å². The van der Waals surface area contributed by atoms with Crippen LogP contribution in [0.3, 0.4) is 0 Å². The summed E-state index contributed by atoms with van der Waals surface area (Å²) >= 11 is 0. The lowest BCUT2D eigenvalue weighted by molar-refractivity contribution is 0.196. The zero-order valence-corrected chi connectivity index (χ0v) is 8.20. The summed E-state index contributed by atoms with van der Waals surface area (Å²) in [5.41, 5.74) is 5.48. The molecular formula is C9H16N4O. The number of H-pyrrole nitrogens is 1. The molecule has 0 aliphatic heterocycles. The molecule has 0 aromatic carbocycles. The van der Waals surface area contributed by atoms with Crippen LogP contribution in [0.4, 0.5) is 0 Å². The minimum atomic E-state index is -0.178. The molecule has 0 unspecified atom stereocenters. The van der Waals surface area contributed by atoms with E-state index in [1.807, 2.05) is 0 Å². The maximum absolute atomic E-state index is 11.5. The van der Waals surface area contributed by atoms with Gasteiger partial charge in [-0.1, -0.05) is 19.3 Å². The smallest absolute Gasteiger partial charge is 0.328 e. The van der Waals surface area contributed by atoms with Crippen molar-refractivity contribution in [3.05, 3.63) is 16.8 Å². The first-order valence-corrected chi connectivity index (χ1v) is 5.11. The van der Waals surface area contributed by atoms with Crippen LogP contribution in [0.2, 0.25) is 0 Å². The van der Waals surface area contributed by atoms with Crippen LogP contribution in [0.1, 0.15) is 32.1 Å². The molecule has 2 rings (SSSR count). The molecular weight excluding hydrogens is 180 g/mol. The number of nitrogens with one attached hydrogen (secondary N) is 1. The van der Waals surface area contributed by atoms with Crippen molar-refractivity contribution in [3.8, 4) is 0 Å². The molecule has 1 saturated carbocycles. The second kappa shape index (κ2) is 3.57. The van der Waals surface area contributed by atoms with Crippen LogP contribution in [0.5, 0.6) is 0 Å². The predicted molar refractivity (Wildman–Crippen MR) is 53.0 cm³/mol. The average molecular weight is 196 g/mol. The van der Waals surface area contributed by atoms with Crippen LogP contribution < -0.4 is 11.4 Å². The Balaban J connectivity index is 2.36. The monoisotopic (exact) mass is 196 g/mol. The molecule has 0 radical (unpaired) electrons. The topological polar surface area (TPSA) is 76.7 Å². The summed E-state index contributed by atoms with van der Waals surface area (Å²) in [5.74, 6) is 0. The lowest BCUT2D eigenvalue weighted by Gasteiger charge is -2.36. The number of hydrogen-bond acceptors (Lipinski definition) is 3. The number of aromatic nitrogens is 3. The van der Waals surface area contributed by atoms with Crippen LogP contribution in [0.15, 0.2) is 11.1 Å². The molecule has 0 amide bonds. The van der Waals surface area contributed by atoms with Gasteiger partial charge in [0.15, 0.2) is 0 Å². The molecule has 1 aromatic rings. The van der Waals surface area contributed by atoms with E-state index in [0.717, 1.165) is 25.7 Å². The molecule has 1 aliphatic rings. The Morgan fingerprint density at radius 3 is 2.71 bits per heavy atom.